The molecule has 13 nitrogen and oxygen atoms in total. The Labute approximate surface area is 236 Å². The summed E-state index contributed by atoms with van der Waals surface area (Å²) < 4.78 is 9.59. The third-order valence-electron chi connectivity index (χ3n) is 6.22. The summed E-state index contributed by atoms with van der Waals surface area (Å²) in [5.41, 5.74) is 1.17. The van der Waals surface area contributed by atoms with Crippen molar-refractivity contribution in [2.24, 2.45) is 0 Å². The van der Waals surface area contributed by atoms with Crippen molar-refractivity contribution in [1.82, 2.24) is 15.5 Å². The van der Waals surface area contributed by atoms with Gasteiger partial charge in [0.05, 0.1) is 7.11 Å². The zero-order valence-corrected chi connectivity index (χ0v) is 22.5. The number of ether oxygens (including phenoxy) is 2. The number of rotatable bonds is 12. The van der Waals surface area contributed by atoms with Crippen molar-refractivity contribution >= 4 is 41.3 Å². The minimum Gasteiger partial charge on any atom is -0.482 e. The first kappa shape index (κ1) is 30.6. The Morgan fingerprint density at radius 2 is 1.80 bits per heavy atom. The lowest BCUT2D eigenvalue weighted by molar-refractivity contribution is -0.159. The number of nitrogens with zero attached hydrogens (tertiary/aromatic N) is 1. The van der Waals surface area contributed by atoms with Gasteiger partial charge < -0.3 is 35.4 Å². The zero-order valence-electron chi connectivity index (χ0n) is 22.5. The van der Waals surface area contributed by atoms with E-state index in [2.05, 4.69) is 20.7 Å². The molecule has 0 unspecified atom stereocenters. The maximum Gasteiger partial charge on any atom is 0.396 e. The minimum absolute atomic E-state index is 0.0303. The van der Waals surface area contributed by atoms with Crippen LogP contribution in [0.3, 0.4) is 0 Å². The highest BCUT2D eigenvalue weighted by molar-refractivity contribution is 6.32. The van der Waals surface area contributed by atoms with Gasteiger partial charge in [0, 0.05) is 37.7 Å². The summed E-state index contributed by atoms with van der Waals surface area (Å²) in [6.07, 6.45) is 0.921. The fraction of sp³-hybridized carbons (Fsp3) is 0.357. The lowest BCUT2D eigenvalue weighted by Gasteiger charge is -2.25. The van der Waals surface area contributed by atoms with Crippen LogP contribution in [0.1, 0.15) is 24.8 Å². The van der Waals surface area contributed by atoms with E-state index in [0.29, 0.717) is 18.5 Å². The average molecular weight is 569 g/mol. The lowest BCUT2D eigenvalue weighted by Crippen LogP contribution is -2.54. The van der Waals surface area contributed by atoms with E-state index >= 15 is 0 Å². The molecule has 1 aliphatic rings. The second-order valence-electron chi connectivity index (χ2n) is 9.20. The van der Waals surface area contributed by atoms with Crippen LogP contribution in [0, 0.1) is 0 Å². The van der Waals surface area contributed by atoms with Crippen LogP contribution in [-0.2, 0) is 39.9 Å². The van der Waals surface area contributed by atoms with E-state index in [0.717, 1.165) is 17.6 Å². The molecule has 218 valence electrons. The van der Waals surface area contributed by atoms with Gasteiger partial charge in [-0.25, -0.2) is 9.59 Å². The molecule has 1 aliphatic heterocycles. The highest BCUT2D eigenvalue weighted by Gasteiger charge is 2.38. The molecule has 1 fully saturated rings. The fourth-order valence-corrected chi connectivity index (χ4v) is 4.27. The van der Waals surface area contributed by atoms with Crippen molar-refractivity contribution in [3.8, 4) is 5.75 Å². The van der Waals surface area contributed by atoms with Crippen molar-refractivity contribution in [2.75, 3.05) is 32.1 Å². The van der Waals surface area contributed by atoms with Gasteiger partial charge in [0.15, 0.2) is 6.61 Å². The van der Waals surface area contributed by atoms with E-state index in [1.165, 1.54) is 6.07 Å². The molecular formula is C28H32N4O9. The SMILES string of the molecule is COC(=O)C(=O)N1CCC[C@H]1C(=O)N[C@H](Cc1ccccc1)C(=O)NCCC(=O)Nc1cccc(OCC(=O)O)c1. The predicted octanol–water partition coefficient (Wildman–Crippen LogP) is 0.486. The van der Waals surface area contributed by atoms with E-state index in [1.54, 1.807) is 42.5 Å². The normalized spacial score (nSPS) is 14.9. The van der Waals surface area contributed by atoms with Gasteiger partial charge in [-0.3, -0.25) is 19.2 Å². The van der Waals surface area contributed by atoms with E-state index in [4.69, 9.17) is 9.84 Å². The number of anilines is 1. The summed E-state index contributed by atoms with van der Waals surface area (Å²) in [4.78, 5) is 74.5. The molecule has 0 bridgehead atoms. The Bertz CT molecular complexity index is 1270. The van der Waals surface area contributed by atoms with Gasteiger partial charge >= 0.3 is 17.8 Å². The van der Waals surface area contributed by atoms with Crippen LogP contribution in [0.4, 0.5) is 5.69 Å². The van der Waals surface area contributed by atoms with Gasteiger partial charge in [-0.15, -0.1) is 0 Å². The first-order valence-electron chi connectivity index (χ1n) is 12.9. The molecule has 0 aromatic heterocycles. The Morgan fingerprint density at radius 3 is 2.51 bits per heavy atom. The van der Waals surface area contributed by atoms with Gasteiger partial charge in [-0.05, 0) is 30.5 Å². The summed E-state index contributed by atoms with van der Waals surface area (Å²) in [6.45, 7) is -0.340. The second kappa shape index (κ2) is 15.0. The molecule has 1 saturated heterocycles. The van der Waals surface area contributed by atoms with Gasteiger partial charge in [0.25, 0.3) is 0 Å². The Morgan fingerprint density at radius 1 is 1.05 bits per heavy atom. The van der Waals surface area contributed by atoms with Crippen molar-refractivity contribution in [1.29, 1.82) is 0 Å². The van der Waals surface area contributed by atoms with Crippen LogP contribution < -0.4 is 20.7 Å². The summed E-state index contributed by atoms with van der Waals surface area (Å²) in [6, 6.07) is 13.3. The largest absolute Gasteiger partial charge is 0.482 e. The molecule has 3 rings (SSSR count). The number of benzene rings is 2. The van der Waals surface area contributed by atoms with E-state index < -0.39 is 54.3 Å². The Kier molecular flexibility index (Phi) is 11.2. The molecule has 0 aliphatic carbocycles. The van der Waals surface area contributed by atoms with Gasteiger partial charge in [0.2, 0.25) is 17.7 Å². The molecule has 2 atom stereocenters. The summed E-state index contributed by atoms with van der Waals surface area (Å²) in [5, 5.41) is 16.7. The van der Waals surface area contributed by atoms with Crippen molar-refractivity contribution in [2.45, 2.75) is 37.8 Å². The zero-order chi connectivity index (χ0) is 29.8. The number of nitrogens with one attached hydrogen (secondary N) is 3. The highest BCUT2D eigenvalue weighted by Crippen LogP contribution is 2.19. The van der Waals surface area contributed by atoms with Gasteiger partial charge in [-0.2, -0.15) is 0 Å². The molecule has 41 heavy (non-hydrogen) atoms. The molecule has 4 amide bonds. The summed E-state index contributed by atoms with van der Waals surface area (Å²) in [7, 11) is 1.08. The third-order valence-corrected chi connectivity index (χ3v) is 6.22. The van der Waals surface area contributed by atoms with Crippen LogP contribution in [0.15, 0.2) is 54.6 Å². The number of hydrogen-bond donors (Lipinski definition) is 4. The van der Waals surface area contributed by atoms with Crippen LogP contribution in [0.5, 0.6) is 5.75 Å². The fourth-order valence-electron chi connectivity index (χ4n) is 4.27. The van der Waals surface area contributed by atoms with Crippen LogP contribution in [-0.4, -0.2) is 84.5 Å². The smallest absolute Gasteiger partial charge is 0.396 e. The maximum absolute atomic E-state index is 13.1. The number of carboxylic acids is 1. The number of likely N-dealkylation sites (tertiary alicyclic amines) is 1. The number of carbonyl (C=O) groups excluding carboxylic acids is 5. The number of esters is 1. The standard InChI is InChI=1S/C28H32N4O9/c1-40-28(39)27(38)32-14-6-11-22(32)26(37)31-21(15-18-7-3-2-4-8-18)25(36)29-13-12-23(33)30-19-9-5-10-20(16-19)41-17-24(34)35/h2-5,7-10,16,21-22H,6,11-15,17H2,1H3,(H,29,36)(H,30,33)(H,31,37)(H,34,35)/t21-,22+/m1/s1. The summed E-state index contributed by atoms with van der Waals surface area (Å²) in [5.74, 6) is -4.35. The monoisotopic (exact) mass is 568 g/mol. The first-order chi connectivity index (χ1) is 19.7. The van der Waals surface area contributed by atoms with Crippen LogP contribution in [0.25, 0.3) is 0 Å². The lowest BCUT2D eigenvalue weighted by atomic mass is 10.0. The van der Waals surface area contributed by atoms with Crippen molar-refractivity contribution in [3.05, 3.63) is 60.2 Å². The van der Waals surface area contributed by atoms with Gasteiger partial charge in [-0.1, -0.05) is 36.4 Å². The Hall–Kier alpha value is -4.94. The van der Waals surface area contributed by atoms with Crippen LogP contribution in [0.2, 0.25) is 0 Å². The summed E-state index contributed by atoms with van der Waals surface area (Å²) >= 11 is 0. The number of amides is 4. The molecule has 2 aromatic carbocycles. The molecule has 0 radical (unpaired) electrons. The van der Waals surface area contributed by atoms with Crippen LogP contribution >= 0.6 is 0 Å². The maximum atomic E-state index is 13.1. The highest BCUT2D eigenvalue weighted by atomic mass is 16.5. The van der Waals surface area contributed by atoms with Crippen molar-refractivity contribution < 1.29 is 43.3 Å². The second-order valence-corrected chi connectivity index (χ2v) is 9.20. The third kappa shape index (κ3) is 9.34. The molecule has 2 aromatic rings. The number of aliphatic carboxylic acids is 1. The molecule has 4 N–H and O–H groups in total. The average Bonchev–Trinajstić information content (AvgIpc) is 3.46. The minimum atomic E-state index is -1.13. The van der Waals surface area contributed by atoms with E-state index in [-0.39, 0.29) is 31.7 Å². The van der Waals surface area contributed by atoms with E-state index in [9.17, 15) is 28.8 Å². The number of carbonyl (C=O) groups is 6. The first-order valence-corrected chi connectivity index (χ1v) is 12.9. The number of methoxy groups -OCH3 is 1. The topological polar surface area (TPSA) is 180 Å². The number of hydrogen-bond acceptors (Lipinski definition) is 8. The molecule has 13 heteroatoms. The Balaban J connectivity index is 1.58. The molecule has 0 saturated carbocycles. The molecule has 1 heterocycles. The van der Waals surface area contributed by atoms with Gasteiger partial charge in [0.1, 0.15) is 17.8 Å². The number of carboxylic acid groups (broad SMARTS) is 1. The predicted molar refractivity (Wildman–Crippen MR) is 145 cm³/mol. The molecular weight excluding hydrogens is 536 g/mol. The molecule has 0 spiro atoms. The van der Waals surface area contributed by atoms with Crippen molar-refractivity contribution in [3.63, 3.8) is 0 Å². The quantitative estimate of drug-likeness (QED) is 0.209. The van der Waals surface area contributed by atoms with E-state index in [1.807, 2.05) is 6.07 Å².